The van der Waals surface area contributed by atoms with E-state index in [0.717, 1.165) is 17.0 Å². The number of nitrogens with two attached hydrogens (primary N) is 1. The van der Waals surface area contributed by atoms with Crippen LogP contribution in [0.1, 0.15) is 5.56 Å². The Bertz CT molecular complexity index is 439. The topological polar surface area (TPSA) is 64.7 Å². The molecule has 0 aliphatic carbocycles. The highest BCUT2D eigenvalue weighted by Gasteiger charge is 2.04. The summed E-state index contributed by atoms with van der Waals surface area (Å²) < 4.78 is 0. The summed E-state index contributed by atoms with van der Waals surface area (Å²) in [5, 5.41) is 0. The minimum Gasteiger partial charge on any atom is -0.397 e. The second-order valence-electron chi connectivity index (χ2n) is 3.02. The number of pyridine rings is 1. The van der Waals surface area contributed by atoms with Crippen molar-refractivity contribution in [3.63, 3.8) is 0 Å². The second kappa shape index (κ2) is 3.41. The Labute approximate surface area is 81.9 Å². The Kier molecular flexibility index (Phi) is 2.10. The quantitative estimate of drug-likeness (QED) is 0.731. The van der Waals surface area contributed by atoms with Gasteiger partial charge in [0.15, 0.2) is 0 Å². The largest absolute Gasteiger partial charge is 0.397 e. The van der Waals surface area contributed by atoms with E-state index in [1.54, 1.807) is 24.8 Å². The molecule has 0 aliphatic rings. The summed E-state index contributed by atoms with van der Waals surface area (Å²) in [5.41, 5.74) is 8.87. The third-order valence-corrected chi connectivity index (χ3v) is 1.91. The summed E-state index contributed by atoms with van der Waals surface area (Å²) >= 11 is 0. The van der Waals surface area contributed by atoms with Crippen LogP contribution in [-0.2, 0) is 0 Å². The molecule has 0 spiro atoms. The molecule has 2 rings (SSSR count). The van der Waals surface area contributed by atoms with Gasteiger partial charge >= 0.3 is 0 Å². The maximum absolute atomic E-state index is 5.61. The SMILES string of the molecule is Cc1cc(N)cnc1-c1cnccn1. The third kappa shape index (κ3) is 1.54. The van der Waals surface area contributed by atoms with Gasteiger partial charge in [0, 0.05) is 12.4 Å². The van der Waals surface area contributed by atoms with Crippen molar-refractivity contribution in [3.05, 3.63) is 36.4 Å². The minimum absolute atomic E-state index is 0.662. The average molecular weight is 186 g/mol. The first-order valence-electron chi connectivity index (χ1n) is 4.26. The van der Waals surface area contributed by atoms with Crippen LogP contribution in [0, 0.1) is 6.92 Å². The normalized spacial score (nSPS) is 10.1. The average Bonchev–Trinajstić information content (AvgIpc) is 2.19. The van der Waals surface area contributed by atoms with E-state index in [1.165, 1.54) is 0 Å². The highest BCUT2D eigenvalue weighted by atomic mass is 14.8. The zero-order valence-corrected chi connectivity index (χ0v) is 7.81. The van der Waals surface area contributed by atoms with Gasteiger partial charge in [-0.05, 0) is 18.6 Å². The zero-order valence-electron chi connectivity index (χ0n) is 7.81. The van der Waals surface area contributed by atoms with Crippen molar-refractivity contribution in [2.45, 2.75) is 6.92 Å². The lowest BCUT2D eigenvalue weighted by Crippen LogP contribution is -1.94. The molecule has 0 radical (unpaired) electrons. The molecule has 0 saturated carbocycles. The third-order valence-electron chi connectivity index (χ3n) is 1.91. The van der Waals surface area contributed by atoms with Crippen LogP contribution in [-0.4, -0.2) is 15.0 Å². The summed E-state index contributed by atoms with van der Waals surface area (Å²) in [6.45, 7) is 1.95. The van der Waals surface area contributed by atoms with Crippen molar-refractivity contribution < 1.29 is 0 Å². The van der Waals surface area contributed by atoms with Gasteiger partial charge in [-0.2, -0.15) is 0 Å². The highest BCUT2D eigenvalue weighted by Crippen LogP contribution is 2.18. The van der Waals surface area contributed by atoms with Gasteiger partial charge in [0.2, 0.25) is 0 Å². The number of hydrogen-bond acceptors (Lipinski definition) is 4. The van der Waals surface area contributed by atoms with E-state index in [9.17, 15) is 0 Å². The molecule has 0 amide bonds. The van der Waals surface area contributed by atoms with Gasteiger partial charge in [0.25, 0.3) is 0 Å². The first kappa shape index (κ1) is 8.62. The monoisotopic (exact) mass is 186 g/mol. The molecule has 4 nitrogen and oxygen atoms in total. The molecule has 0 aliphatic heterocycles. The fraction of sp³-hybridized carbons (Fsp3) is 0.100. The Morgan fingerprint density at radius 3 is 2.64 bits per heavy atom. The lowest BCUT2D eigenvalue weighted by atomic mass is 10.1. The van der Waals surface area contributed by atoms with Gasteiger partial charge < -0.3 is 5.73 Å². The van der Waals surface area contributed by atoms with Crippen LogP contribution in [0.25, 0.3) is 11.4 Å². The number of hydrogen-bond donors (Lipinski definition) is 1. The zero-order chi connectivity index (χ0) is 9.97. The van der Waals surface area contributed by atoms with Crippen LogP contribution in [0.5, 0.6) is 0 Å². The number of nitrogens with zero attached hydrogens (tertiary/aromatic N) is 3. The smallest absolute Gasteiger partial charge is 0.107 e. The molecule has 70 valence electrons. The van der Waals surface area contributed by atoms with Crippen LogP contribution >= 0.6 is 0 Å². The summed E-state index contributed by atoms with van der Waals surface area (Å²) in [4.78, 5) is 12.4. The lowest BCUT2D eigenvalue weighted by Gasteiger charge is -2.03. The van der Waals surface area contributed by atoms with E-state index in [-0.39, 0.29) is 0 Å². The van der Waals surface area contributed by atoms with Crippen molar-refractivity contribution in [1.82, 2.24) is 15.0 Å². The molecule has 0 aromatic carbocycles. The molecule has 2 N–H and O–H groups in total. The molecule has 0 atom stereocenters. The number of aryl methyl sites for hydroxylation is 1. The van der Waals surface area contributed by atoms with Gasteiger partial charge in [-0.15, -0.1) is 0 Å². The first-order valence-corrected chi connectivity index (χ1v) is 4.26. The fourth-order valence-corrected chi connectivity index (χ4v) is 1.29. The molecule has 0 saturated heterocycles. The van der Waals surface area contributed by atoms with Crippen molar-refractivity contribution >= 4 is 5.69 Å². The molecule has 14 heavy (non-hydrogen) atoms. The van der Waals surface area contributed by atoms with Gasteiger partial charge in [0.05, 0.1) is 23.8 Å². The molecule has 2 aromatic rings. The van der Waals surface area contributed by atoms with E-state index in [4.69, 9.17) is 5.73 Å². The molecular formula is C10H10N4. The van der Waals surface area contributed by atoms with E-state index < -0.39 is 0 Å². The van der Waals surface area contributed by atoms with Crippen molar-refractivity contribution in [1.29, 1.82) is 0 Å². The molecule has 0 bridgehead atoms. The molecule has 2 heterocycles. The van der Waals surface area contributed by atoms with Crippen LogP contribution < -0.4 is 5.73 Å². The highest BCUT2D eigenvalue weighted by molar-refractivity contribution is 5.59. The van der Waals surface area contributed by atoms with Gasteiger partial charge in [0.1, 0.15) is 5.69 Å². The van der Waals surface area contributed by atoms with Crippen molar-refractivity contribution in [2.75, 3.05) is 5.73 Å². The lowest BCUT2D eigenvalue weighted by molar-refractivity contribution is 1.16. The molecule has 0 unspecified atom stereocenters. The van der Waals surface area contributed by atoms with Gasteiger partial charge in [-0.1, -0.05) is 0 Å². The molecule has 0 fully saturated rings. The minimum atomic E-state index is 0.662. The fourth-order valence-electron chi connectivity index (χ4n) is 1.29. The van der Waals surface area contributed by atoms with Crippen molar-refractivity contribution in [3.8, 4) is 11.4 Å². The summed E-state index contributed by atoms with van der Waals surface area (Å²) in [6.07, 6.45) is 6.59. The second-order valence-corrected chi connectivity index (χ2v) is 3.02. The van der Waals surface area contributed by atoms with E-state index >= 15 is 0 Å². The van der Waals surface area contributed by atoms with E-state index in [1.807, 2.05) is 13.0 Å². The van der Waals surface area contributed by atoms with Crippen LogP contribution in [0.2, 0.25) is 0 Å². The Morgan fingerprint density at radius 2 is 2.00 bits per heavy atom. The molecule has 2 aromatic heterocycles. The Balaban J connectivity index is 2.53. The summed E-state index contributed by atoms with van der Waals surface area (Å²) in [5.74, 6) is 0. The summed E-state index contributed by atoms with van der Waals surface area (Å²) in [6, 6.07) is 1.87. The number of nitrogen functional groups attached to an aromatic ring is 1. The maximum Gasteiger partial charge on any atom is 0.107 e. The van der Waals surface area contributed by atoms with Crippen LogP contribution in [0.4, 0.5) is 5.69 Å². The van der Waals surface area contributed by atoms with E-state index in [0.29, 0.717) is 5.69 Å². The number of rotatable bonds is 1. The predicted molar refractivity (Wildman–Crippen MR) is 54.4 cm³/mol. The molecule has 4 heteroatoms. The molecular weight excluding hydrogens is 176 g/mol. The number of aromatic nitrogens is 3. The standard InChI is InChI=1S/C10H10N4/c1-7-4-8(11)5-14-10(7)9-6-12-2-3-13-9/h2-6H,11H2,1H3. The first-order chi connectivity index (χ1) is 6.77. The van der Waals surface area contributed by atoms with Crippen LogP contribution in [0.3, 0.4) is 0 Å². The van der Waals surface area contributed by atoms with Crippen LogP contribution in [0.15, 0.2) is 30.9 Å². The predicted octanol–water partition coefficient (Wildman–Crippen LogP) is 1.43. The Morgan fingerprint density at radius 1 is 1.14 bits per heavy atom. The van der Waals surface area contributed by atoms with Gasteiger partial charge in [-0.3, -0.25) is 15.0 Å². The van der Waals surface area contributed by atoms with Crippen molar-refractivity contribution in [2.24, 2.45) is 0 Å². The van der Waals surface area contributed by atoms with E-state index in [2.05, 4.69) is 15.0 Å². The van der Waals surface area contributed by atoms with Gasteiger partial charge in [-0.25, -0.2) is 0 Å². The summed E-state index contributed by atoms with van der Waals surface area (Å²) in [7, 11) is 0. The Hall–Kier alpha value is -1.97. The number of anilines is 1. The maximum atomic E-state index is 5.61.